The second-order valence-electron chi connectivity index (χ2n) is 9.93. The second kappa shape index (κ2) is 17.2. The summed E-state index contributed by atoms with van der Waals surface area (Å²) in [4.78, 5) is 14.9. The molecular formula is C29H36BrF4N5O2. The third-order valence-electron chi connectivity index (χ3n) is 7.12. The van der Waals surface area contributed by atoms with Gasteiger partial charge in [-0.2, -0.15) is 22.5 Å². The molecular weight excluding hydrogens is 606 g/mol. The molecule has 7 nitrogen and oxygen atoms in total. The van der Waals surface area contributed by atoms with E-state index in [-0.39, 0.29) is 13.2 Å². The Hall–Kier alpha value is -2.83. The molecule has 0 aromatic carbocycles. The van der Waals surface area contributed by atoms with E-state index >= 15 is 0 Å². The van der Waals surface area contributed by atoms with Crippen molar-refractivity contribution >= 4 is 27.6 Å². The van der Waals surface area contributed by atoms with Gasteiger partial charge in [0.25, 0.3) is 0 Å². The Morgan fingerprint density at radius 1 is 0.634 bits per heavy atom. The van der Waals surface area contributed by atoms with Crippen LogP contribution in [-0.4, -0.2) is 64.6 Å². The van der Waals surface area contributed by atoms with E-state index < -0.39 is 23.8 Å². The Kier molecular flexibility index (Phi) is 13.7. The molecule has 0 radical (unpaired) electrons. The van der Waals surface area contributed by atoms with Crippen molar-refractivity contribution in [3.05, 3.63) is 76.8 Å². The Labute approximate surface area is 246 Å². The summed E-state index contributed by atoms with van der Waals surface area (Å²) in [6.07, 6.45) is 5.94. The lowest BCUT2D eigenvalue weighted by molar-refractivity contribution is 0.240. The molecule has 0 aliphatic carbocycles. The zero-order valence-electron chi connectivity index (χ0n) is 22.8. The largest absolute Gasteiger partial charge is 0.396 e. The van der Waals surface area contributed by atoms with Crippen LogP contribution in [0.4, 0.5) is 29.2 Å². The highest BCUT2D eigenvalue weighted by atomic mass is 79.9. The lowest BCUT2D eigenvalue weighted by atomic mass is 9.94. The topological polar surface area (TPSA) is 85.6 Å². The van der Waals surface area contributed by atoms with Gasteiger partial charge in [-0.1, -0.05) is 12.1 Å². The van der Waals surface area contributed by atoms with E-state index in [0.717, 1.165) is 82.7 Å². The Morgan fingerprint density at radius 2 is 1.07 bits per heavy atom. The van der Waals surface area contributed by atoms with Gasteiger partial charge in [-0.15, -0.1) is 0 Å². The fraction of sp³-hybridized carbons (Fsp3) is 0.483. The van der Waals surface area contributed by atoms with Gasteiger partial charge in [0.1, 0.15) is 11.6 Å². The maximum atomic E-state index is 13.3. The van der Waals surface area contributed by atoms with Gasteiger partial charge < -0.3 is 20.0 Å². The molecule has 41 heavy (non-hydrogen) atoms. The molecule has 0 amide bonds. The first-order chi connectivity index (χ1) is 19.8. The van der Waals surface area contributed by atoms with Crippen LogP contribution in [0.2, 0.25) is 0 Å². The molecule has 5 heterocycles. The standard InChI is InChI=1S/C12H16BrFN2O.C12H17FN2O.C5H3F2N/c13-10-1-2-11(15-12(10)14)16-6-3-9(4-7-16)5-8-17;13-11-2-1-3-12(14-11)15-7-4-10(5-8-15)6-9-16;6-4-2-1-3-5(7)8-4/h1-2,9,17H,3-8H2;1-3,10,16H,4-9H2;1-3H. The number of nitrogens with zero attached hydrogens (tertiary/aromatic N) is 5. The zero-order chi connectivity index (χ0) is 29.6. The van der Waals surface area contributed by atoms with Gasteiger partial charge in [0.15, 0.2) is 0 Å². The molecule has 0 bridgehead atoms. The third kappa shape index (κ3) is 11.2. The predicted octanol–water partition coefficient (Wildman–Crippen LogP) is 5.76. The van der Waals surface area contributed by atoms with Crippen molar-refractivity contribution in [2.75, 3.05) is 49.2 Å². The summed E-state index contributed by atoms with van der Waals surface area (Å²) in [5.74, 6) is 0.173. The molecule has 2 aliphatic rings. The fourth-order valence-corrected chi connectivity index (χ4v) is 5.03. The maximum Gasteiger partial charge on any atom is 0.229 e. The van der Waals surface area contributed by atoms with Gasteiger partial charge in [-0.3, -0.25) is 0 Å². The van der Waals surface area contributed by atoms with E-state index in [1.54, 1.807) is 12.1 Å². The number of hydrogen-bond acceptors (Lipinski definition) is 7. The van der Waals surface area contributed by atoms with Gasteiger partial charge in [0.2, 0.25) is 23.8 Å². The van der Waals surface area contributed by atoms with Crippen LogP contribution in [0.3, 0.4) is 0 Å². The summed E-state index contributed by atoms with van der Waals surface area (Å²) >= 11 is 3.10. The number of rotatable bonds is 6. The average molecular weight is 643 g/mol. The normalized spacial score (nSPS) is 16.0. The quantitative estimate of drug-likeness (QED) is 0.261. The van der Waals surface area contributed by atoms with Crippen molar-refractivity contribution in [1.82, 2.24) is 15.0 Å². The van der Waals surface area contributed by atoms with Crippen molar-refractivity contribution in [3.8, 4) is 0 Å². The smallest absolute Gasteiger partial charge is 0.229 e. The third-order valence-corrected chi connectivity index (χ3v) is 7.71. The van der Waals surface area contributed by atoms with E-state index in [2.05, 4.69) is 40.7 Å². The predicted molar refractivity (Wildman–Crippen MR) is 154 cm³/mol. The van der Waals surface area contributed by atoms with Crippen LogP contribution in [-0.2, 0) is 0 Å². The minimum absolute atomic E-state index is 0.260. The molecule has 224 valence electrons. The zero-order valence-corrected chi connectivity index (χ0v) is 24.4. The van der Waals surface area contributed by atoms with Crippen LogP contribution < -0.4 is 9.80 Å². The molecule has 0 spiro atoms. The number of anilines is 2. The van der Waals surface area contributed by atoms with E-state index in [4.69, 9.17) is 10.2 Å². The van der Waals surface area contributed by atoms with Crippen molar-refractivity contribution < 1.29 is 27.8 Å². The lowest BCUT2D eigenvalue weighted by Gasteiger charge is -2.32. The van der Waals surface area contributed by atoms with Gasteiger partial charge in [0.05, 0.1) is 4.47 Å². The molecule has 3 aromatic heterocycles. The fourth-order valence-electron chi connectivity index (χ4n) is 4.81. The molecule has 0 atom stereocenters. The first kappa shape index (κ1) is 32.7. The van der Waals surface area contributed by atoms with E-state index in [9.17, 15) is 17.6 Å². The molecule has 5 rings (SSSR count). The van der Waals surface area contributed by atoms with Gasteiger partial charge in [-0.05, 0) is 103 Å². The van der Waals surface area contributed by atoms with Crippen molar-refractivity contribution in [3.63, 3.8) is 0 Å². The van der Waals surface area contributed by atoms with E-state index in [0.29, 0.717) is 22.1 Å². The Balaban J connectivity index is 0.000000180. The number of hydrogen-bond donors (Lipinski definition) is 2. The number of pyridine rings is 3. The monoisotopic (exact) mass is 641 g/mol. The summed E-state index contributed by atoms with van der Waals surface area (Å²) in [7, 11) is 0. The first-order valence-electron chi connectivity index (χ1n) is 13.7. The molecule has 0 unspecified atom stereocenters. The summed E-state index contributed by atoms with van der Waals surface area (Å²) in [6, 6.07) is 11.9. The number of halogens is 5. The Morgan fingerprint density at radius 3 is 1.46 bits per heavy atom. The second-order valence-corrected chi connectivity index (χ2v) is 10.8. The molecule has 12 heteroatoms. The minimum Gasteiger partial charge on any atom is -0.396 e. The van der Waals surface area contributed by atoms with Crippen molar-refractivity contribution in [2.24, 2.45) is 11.8 Å². The first-order valence-corrected chi connectivity index (χ1v) is 14.5. The molecule has 2 saturated heterocycles. The molecule has 2 N–H and O–H groups in total. The lowest BCUT2D eigenvalue weighted by Crippen LogP contribution is -2.34. The van der Waals surface area contributed by atoms with Crippen LogP contribution in [0.15, 0.2) is 53.0 Å². The summed E-state index contributed by atoms with van der Waals surface area (Å²) in [5.41, 5.74) is 0. The highest BCUT2D eigenvalue weighted by Gasteiger charge is 2.21. The van der Waals surface area contributed by atoms with Gasteiger partial charge in [0, 0.05) is 39.4 Å². The van der Waals surface area contributed by atoms with Gasteiger partial charge >= 0.3 is 0 Å². The van der Waals surface area contributed by atoms with Crippen LogP contribution in [0.5, 0.6) is 0 Å². The summed E-state index contributed by atoms with van der Waals surface area (Å²) in [5, 5.41) is 17.7. The van der Waals surface area contributed by atoms with Crippen LogP contribution in [0.25, 0.3) is 0 Å². The summed E-state index contributed by atoms with van der Waals surface area (Å²) in [6.45, 7) is 4.11. The maximum absolute atomic E-state index is 13.3. The van der Waals surface area contributed by atoms with Gasteiger partial charge in [-0.25, -0.2) is 9.97 Å². The molecule has 2 fully saturated rings. The van der Waals surface area contributed by atoms with Crippen molar-refractivity contribution in [2.45, 2.75) is 38.5 Å². The number of aromatic nitrogens is 3. The number of aliphatic hydroxyl groups is 2. The average Bonchev–Trinajstić information content (AvgIpc) is 2.96. The Bertz CT molecular complexity index is 1180. The minimum atomic E-state index is -0.787. The molecule has 0 saturated carbocycles. The highest BCUT2D eigenvalue weighted by molar-refractivity contribution is 9.10. The summed E-state index contributed by atoms with van der Waals surface area (Å²) < 4.78 is 50.3. The SMILES string of the molecule is Fc1cccc(F)n1.OCCC1CCN(c2ccc(Br)c(F)n2)CC1.OCCC1CCN(c2cccc(F)n2)CC1. The van der Waals surface area contributed by atoms with Crippen LogP contribution in [0.1, 0.15) is 38.5 Å². The number of piperidine rings is 2. The highest BCUT2D eigenvalue weighted by Crippen LogP contribution is 2.26. The van der Waals surface area contributed by atoms with Crippen LogP contribution in [0, 0.1) is 35.6 Å². The van der Waals surface area contributed by atoms with Crippen LogP contribution >= 0.6 is 15.9 Å². The van der Waals surface area contributed by atoms with E-state index in [1.807, 2.05) is 12.1 Å². The molecule has 2 aliphatic heterocycles. The van der Waals surface area contributed by atoms with Crippen molar-refractivity contribution in [1.29, 1.82) is 0 Å². The number of aliphatic hydroxyl groups excluding tert-OH is 2. The molecule has 3 aromatic rings. The van der Waals surface area contributed by atoms with E-state index in [1.165, 1.54) is 12.1 Å².